The molecule has 150 valence electrons. The fourth-order valence-electron chi connectivity index (χ4n) is 3.76. The summed E-state index contributed by atoms with van der Waals surface area (Å²) in [4.78, 5) is 9.20. The zero-order valence-corrected chi connectivity index (χ0v) is 17.9. The molecule has 28 heavy (non-hydrogen) atoms. The van der Waals surface area contributed by atoms with Crippen molar-refractivity contribution in [3.05, 3.63) is 46.0 Å². The Bertz CT molecular complexity index is 834. The van der Waals surface area contributed by atoms with Gasteiger partial charge in [-0.3, -0.25) is 4.99 Å². The third kappa shape index (κ3) is 4.55. The number of benzene rings is 1. The molecule has 1 aliphatic carbocycles. The zero-order valence-electron chi connectivity index (χ0n) is 16.4. The molecule has 7 nitrogen and oxygen atoms in total. The number of nitrogens with zero attached hydrogens (tertiary/aromatic N) is 4. The Morgan fingerprint density at radius 1 is 1.32 bits per heavy atom. The van der Waals surface area contributed by atoms with Gasteiger partial charge in [0, 0.05) is 42.5 Å². The van der Waals surface area contributed by atoms with E-state index in [1.807, 2.05) is 4.68 Å². The molecule has 1 aromatic heterocycles. The van der Waals surface area contributed by atoms with Crippen LogP contribution in [0.15, 0.2) is 33.7 Å². The predicted molar refractivity (Wildman–Crippen MR) is 112 cm³/mol. The van der Waals surface area contributed by atoms with Crippen LogP contribution in [0.1, 0.15) is 42.9 Å². The first-order chi connectivity index (χ1) is 13.7. The third-order valence-electron chi connectivity index (χ3n) is 5.24. The highest BCUT2D eigenvalue weighted by molar-refractivity contribution is 9.10. The van der Waals surface area contributed by atoms with Gasteiger partial charge in [-0.05, 0) is 37.5 Å². The Balaban J connectivity index is 1.34. The SMILES string of the molecule is CCN=C(NC1CCc2nc(COC)nn2C1)NC1CC1c1ccc(Br)cc1. The Morgan fingerprint density at radius 2 is 2.14 bits per heavy atom. The van der Waals surface area contributed by atoms with Gasteiger partial charge in [-0.25, -0.2) is 9.67 Å². The number of aryl methyl sites for hydroxylation is 1. The van der Waals surface area contributed by atoms with Gasteiger partial charge in [0.2, 0.25) is 0 Å². The lowest BCUT2D eigenvalue weighted by Crippen LogP contribution is -2.48. The van der Waals surface area contributed by atoms with E-state index < -0.39 is 0 Å². The van der Waals surface area contributed by atoms with E-state index in [2.05, 4.69) is 72.8 Å². The molecule has 0 bridgehead atoms. The second kappa shape index (κ2) is 8.61. The van der Waals surface area contributed by atoms with Gasteiger partial charge >= 0.3 is 0 Å². The Labute approximate surface area is 174 Å². The summed E-state index contributed by atoms with van der Waals surface area (Å²) in [7, 11) is 1.67. The van der Waals surface area contributed by atoms with Crippen molar-refractivity contribution in [2.45, 2.75) is 57.3 Å². The topological polar surface area (TPSA) is 76.4 Å². The smallest absolute Gasteiger partial charge is 0.191 e. The van der Waals surface area contributed by atoms with Crippen LogP contribution in [0.4, 0.5) is 0 Å². The average molecular weight is 447 g/mol. The van der Waals surface area contributed by atoms with Gasteiger partial charge < -0.3 is 15.4 Å². The largest absolute Gasteiger partial charge is 0.377 e. The van der Waals surface area contributed by atoms with Crippen LogP contribution in [-0.4, -0.2) is 46.5 Å². The van der Waals surface area contributed by atoms with Crippen molar-refractivity contribution < 1.29 is 4.74 Å². The second-order valence-corrected chi connectivity index (χ2v) is 8.32. The lowest BCUT2D eigenvalue weighted by atomic mass is 10.1. The van der Waals surface area contributed by atoms with Crippen molar-refractivity contribution in [3.8, 4) is 0 Å². The molecule has 4 rings (SSSR count). The third-order valence-corrected chi connectivity index (χ3v) is 5.77. The van der Waals surface area contributed by atoms with Gasteiger partial charge in [-0.1, -0.05) is 28.1 Å². The van der Waals surface area contributed by atoms with Crippen LogP contribution in [-0.2, 0) is 24.3 Å². The van der Waals surface area contributed by atoms with E-state index in [1.54, 1.807) is 7.11 Å². The summed E-state index contributed by atoms with van der Waals surface area (Å²) < 4.78 is 8.27. The van der Waals surface area contributed by atoms with Crippen molar-refractivity contribution in [1.29, 1.82) is 0 Å². The highest BCUT2D eigenvalue weighted by Crippen LogP contribution is 2.41. The van der Waals surface area contributed by atoms with E-state index in [9.17, 15) is 0 Å². The van der Waals surface area contributed by atoms with Crippen LogP contribution in [0, 0.1) is 0 Å². The van der Waals surface area contributed by atoms with Gasteiger partial charge in [-0.2, -0.15) is 5.10 Å². The Morgan fingerprint density at radius 3 is 2.89 bits per heavy atom. The van der Waals surface area contributed by atoms with Crippen LogP contribution in [0.5, 0.6) is 0 Å². The number of hydrogen-bond acceptors (Lipinski definition) is 4. The van der Waals surface area contributed by atoms with Crippen LogP contribution in [0.3, 0.4) is 0 Å². The molecule has 2 aromatic rings. The van der Waals surface area contributed by atoms with E-state index in [0.29, 0.717) is 24.6 Å². The van der Waals surface area contributed by atoms with Gasteiger partial charge in [0.05, 0.1) is 6.54 Å². The zero-order chi connectivity index (χ0) is 19.5. The molecule has 3 unspecified atom stereocenters. The minimum Gasteiger partial charge on any atom is -0.377 e. The fraction of sp³-hybridized carbons (Fsp3) is 0.550. The highest BCUT2D eigenvalue weighted by Gasteiger charge is 2.39. The summed E-state index contributed by atoms with van der Waals surface area (Å²) >= 11 is 3.50. The molecule has 1 fully saturated rings. The minimum atomic E-state index is 0.298. The predicted octanol–water partition coefficient (Wildman–Crippen LogP) is 2.61. The molecule has 0 amide bonds. The number of hydrogen-bond donors (Lipinski definition) is 2. The summed E-state index contributed by atoms with van der Waals surface area (Å²) in [5.74, 6) is 3.26. The van der Waals surface area contributed by atoms with E-state index in [0.717, 1.165) is 54.4 Å². The number of guanidine groups is 1. The minimum absolute atomic E-state index is 0.298. The molecule has 1 aliphatic heterocycles. The number of rotatable bonds is 6. The number of halogens is 1. The molecule has 8 heteroatoms. The van der Waals surface area contributed by atoms with Crippen molar-refractivity contribution in [2.75, 3.05) is 13.7 Å². The van der Waals surface area contributed by atoms with Crippen LogP contribution in [0.2, 0.25) is 0 Å². The first-order valence-electron chi connectivity index (χ1n) is 9.90. The van der Waals surface area contributed by atoms with Crippen molar-refractivity contribution in [2.24, 2.45) is 4.99 Å². The number of methoxy groups -OCH3 is 1. The van der Waals surface area contributed by atoms with Gasteiger partial charge in [0.1, 0.15) is 12.4 Å². The number of aromatic nitrogens is 3. The molecule has 2 heterocycles. The maximum Gasteiger partial charge on any atom is 0.191 e. The highest BCUT2D eigenvalue weighted by atomic mass is 79.9. The van der Waals surface area contributed by atoms with Crippen molar-refractivity contribution >= 4 is 21.9 Å². The molecule has 3 atom stereocenters. The molecular formula is C20H27BrN6O. The molecule has 1 aromatic carbocycles. The number of aliphatic imine (C=N–C) groups is 1. The quantitative estimate of drug-likeness (QED) is 0.526. The van der Waals surface area contributed by atoms with E-state index in [1.165, 1.54) is 5.56 Å². The van der Waals surface area contributed by atoms with Gasteiger partial charge in [0.25, 0.3) is 0 Å². The maximum absolute atomic E-state index is 5.15. The number of fused-ring (bicyclic) bond motifs is 1. The van der Waals surface area contributed by atoms with Crippen molar-refractivity contribution in [3.63, 3.8) is 0 Å². The van der Waals surface area contributed by atoms with Crippen molar-refractivity contribution in [1.82, 2.24) is 25.4 Å². The summed E-state index contributed by atoms with van der Waals surface area (Å²) in [6, 6.07) is 9.36. The first kappa shape index (κ1) is 19.4. The van der Waals surface area contributed by atoms with Gasteiger partial charge in [0.15, 0.2) is 11.8 Å². The Hall–Kier alpha value is -1.93. The van der Waals surface area contributed by atoms with Crippen LogP contribution >= 0.6 is 15.9 Å². The van der Waals surface area contributed by atoms with E-state index in [-0.39, 0.29) is 0 Å². The van der Waals surface area contributed by atoms with Gasteiger partial charge in [-0.15, -0.1) is 0 Å². The maximum atomic E-state index is 5.15. The summed E-state index contributed by atoms with van der Waals surface area (Å²) in [6.45, 7) is 4.08. The summed E-state index contributed by atoms with van der Waals surface area (Å²) in [6.07, 6.45) is 3.08. The van der Waals surface area contributed by atoms with Crippen LogP contribution < -0.4 is 10.6 Å². The van der Waals surface area contributed by atoms with E-state index >= 15 is 0 Å². The monoisotopic (exact) mass is 446 g/mol. The molecule has 2 aliphatic rings. The standard InChI is InChI=1S/C20H27BrN6O/c1-3-22-20(24-17-10-16(17)13-4-6-14(21)7-5-13)23-15-8-9-19-25-18(12-28-2)26-27(19)11-15/h4-7,15-17H,3,8-12H2,1-2H3,(H2,22,23,24). The summed E-state index contributed by atoms with van der Waals surface area (Å²) in [5.41, 5.74) is 1.38. The molecular weight excluding hydrogens is 420 g/mol. The molecule has 0 radical (unpaired) electrons. The van der Waals surface area contributed by atoms with Crippen LogP contribution in [0.25, 0.3) is 0 Å². The molecule has 2 N–H and O–H groups in total. The second-order valence-electron chi connectivity index (χ2n) is 7.41. The number of nitrogens with one attached hydrogen (secondary N) is 2. The first-order valence-corrected chi connectivity index (χ1v) is 10.7. The lowest BCUT2D eigenvalue weighted by molar-refractivity contribution is 0.177. The fourth-order valence-corrected chi connectivity index (χ4v) is 4.03. The van der Waals surface area contributed by atoms with E-state index in [4.69, 9.17) is 4.74 Å². The molecule has 0 spiro atoms. The Kier molecular flexibility index (Phi) is 5.96. The summed E-state index contributed by atoms with van der Waals surface area (Å²) in [5, 5.41) is 11.8. The normalized spacial score (nSPS) is 24.0. The number of ether oxygens (including phenoxy) is 1. The lowest BCUT2D eigenvalue weighted by Gasteiger charge is -2.25. The molecule has 1 saturated carbocycles. The average Bonchev–Trinajstić information content (AvgIpc) is 3.32. The molecule has 0 saturated heterocycles.